The number of hydrogen-bond acceptors (Lipinski definition) is 2. The first kappa shape index (κ1) is 16.3. The van der Waals surface area contributed by atoms with E-state index in [9.17, 15) is 4.79 Å². The van der Waals surface area contributed by atoms with E-state index in [4.69, 9.17) is 11.6 Å². The van der Waals surface area contributed by atoms with Gasteiger partial charge in [-0.05, 0) is 42.3 Å². The Morgan fingerprint density at radius 1 is 1.29 bits per heavy atom. The van der Waals surface area contributed by atoms with Crippen molar-refractivity contribution >= 4 is 34.2 Å². The molecule has 1 unspecified atom stereocenters. The number of rotatable bonds is 5. The SMILES string of the molecule is CCCC(NC(=O)Nc1cc(Cl)c2cc[nH]c2c1)c1ccncc1. The molecule has 0 aliphatic rings. The summed E-state index contributed by atoms with van der Waals surface area (Å²) in [5.74, 6) is 0. The second-order valence-electron chi connectivity index (χ2n) is 5.62. The molecule has 2 heterocycles. The molecule has 24 heavy (non-hydrogen) atoms. The van der Waals surface area contributed by atoms with Crippen molar-refractivity contribution in [1.82, 2.24) is 15.3 Å². The fourth-order valence-corrected chi connectivity index (χ4v) is 3.01. The van der Waals surface area contributed by atoms with Gasteiger partial charge in [-0.25, -0.2) is 4.79 Å². The molecule has 5 nitrogen and oxygen atoms in total. The summed E-state index contributed by atoms with van der Waals surface area (Å²) in [6.07, 6.45) is 7.11. The van der Waals surface area contributed by atoms with Gasteiger partial charge < -0.3 is 15.6 Å². The summed E-state index contributed by atoms with van der Waals surface area (Å²) in [5.41, 5.74) is 2.58. The fraction of sp³-hybridized carbons (Fsp3) is 0.222. The van der Waals surface area contributed by atoms with E-state index in [2.05, 4.69) is 27.5 Å². The van der Waals surface area contributed by atoms with E-state index in [0.29, 0.717) is 10.7 Å². The molecule has 0 aliphatic heterocycles. The van der Waals surface area contributed by atoms with Gasteiger partial charge in [0.2, 0.25) is 0 Å². The van der Waals surface area contributed by atoms with Gasteiger partial charge in [-0.15, -0.1) is 0 Å². The van der Waals surface area contributed by atoms with Gasteiger partial charge in [-0.3, -0.25) is 4.98 Å². The normalized spacial score (nSPS) is 12.1. The summed E-state index contributed by atoms with van der Waals surface area (Å²) in [6, 6.07) is 9.04. The molecule has 3 aromatic rings. The van der Waals surface area contributed by atoms with Crippen molar-refractivity contribution in [2.45, 2.75) is 25.8 Å². The molecule has 0 fully saturated rings. The Kier molecular flexibility index (Phi) is 5.01. The number of aromatic amines is 1. The number of benzene rings is 1. The maximum absolute atomic E-state index is 12.4. The van der Waals surface area contributed by atoms with Crippen molar-refractivity contribution in [2.75, 3.05) is 5.32 Å². The lowest BCUT2D eigenvalue weighted by molar-refractivity contribution is 0.248. The minimum atomic E-state index is -0.257. The van der Waals surface area contributed by atoms with E-state index in [1.165, 1.54) is 0 Å². The standard InChI is InChI=1S/C18H19ClN4O/c1-2-3-16(12-4-7-20-8-5-12)23-18(24)22-13-10-15(19)14-6-9-21-17(14)11-13/h4-11,16,21H,2-3H2,1H3,(H2,22,23,24). The fourth-order valence-electron chi connectivity index (χ4n) is 2.73. The molecule has 2 amide bonds. The van der Waals surface area contributed by atoms with E-state index in [1.807, 2.05) is 30.5 Å². The van der Waals surface area contributed by atoms with E-state index >= 15 is 0 Å². The number of urea groups is 1. The number of amides is 2. The average Bonchev–Trinajstić information content (AvgIpc) is 3.04. The number of nitrogens with one attached hydrogen (secondary N) is 3. The quantitative estimate of drug-likeness (QED) is 0.618. The third-order valence-electron chi connectivity index (χ3n) is 3.87. The van der Waals surface area contributed by atoms with E-state index in [1.54, 1.807) is 18.5 Å². The molecular formula is C18H19ClN4O. The maximum Gasteiger partial charge on any atom is 0.319 e. The van der Waals surface area contributed by atoms with Gasteiger partial charge in [-0.1, -0.05) is 24.9 Å². The lowest BCUT2D eigenvalue weighted by atomic mass is 10.0. The predicted octanol–water partition coefficient (Wildman–Crippen LogP) is 4.88. The zero-order chi connectivity index (χ0) is 16.9. The molecule has 0 radical (unpaired) electrons. The Morgan fingerprint density at radius 2 is 2.08 bits per heavy atom. The number of hydrogen-bond donors (Lipinski definition) is 3. The highest BCUT2D eigenvalue weighted by atomic mass is 35.5. The monoisotopic (exact) mass is 342 g/mol. The molecule has 0 aliphatic carbocycles. The summed E-state index contributed by atoms with van der Waals surface area (Å²) in [4.78, 5) is 19.5. The lowest BCUT2D eigenvalue weighted by Gasteiger charge is -2.19. The molecule has 3 N–H and O–H groups in total. The Bertz CT molecular complexity index is 831. The summed E-state index contributed by atoms with van der Waals surface area (Å²) < 4.78 is 0. The zero-order valence-electron chi connectivity index (χ0n) is 13.3. The number of carbonyl (C=O) groups excluding carboxylic acids is 1. The highest BCUT2D eigenvalue weighted by molar-refractivity contribution is 6.35. The molecule has 0 saturated carbocycles. The Hall–Kier alpha value is -2.53. The van der Waals surface area contributed by atoms with Crippen LogP contribution < -0.4 is 10.6 Å². The molecule has 0 bridgehead atoms. The molecule has 3 rings (SSSR count). The minimum Gasteiger partial charge on any atom is -0.361 e. The van der Waals surface area contributed by atoms with Crippen molar-refractivity contribution < 1.29 is 4.79 Å². The van der Waals surface area contributed by atoms with Crippen molar-refractivity contribution in [3.63, 3.8) is 0 Å². The van der Waals surface area contributed by atoms with Crippen LogP contribution in [0.4, 0.5) is 10.5 Å². The van der Waals surface area contributed by atoms with Crippen molar-refractivity contribution in [3.05, 3.63) is 59.5 Å². The second kappa shape index (κ2) is 7.36. The first-order chi connectivity index (χ1) is 11.7. The highest BCUT2D eigenvalue weighted by Gasteiger charge is 2.14. The smallest absolute Gasteiger partial charge is 0.319 e. The van der Waals surface area contributed by atoms with Crippen LogP contribution in [0.2, 0.25) is 5.02 Å². The van der Waals surface area contributed by atoms with Crippen LogP contribution in [0.3, 0.4) is 0 Å². The Morgan fingerprint density at radius 3 is 2.83 bits per heavy atom. The number of pyridine rings is 1. The molecule has 124 valence electrons. The molecule has 0 spiro atoms. The summed E-state index contributed by atoms with van der Waals surface area (Å²) >= 11 is 6.24. The average molecular weight is 343 g/mol. The van der Waals surface area contributed by atoms with Crippen LogP contribution in [0.1, 0.15) is 31.4 Å². The van der Waals surface area contributed by atoms with Gasteiger partial charge in [0, 0.05) is 35.2 Å². The van der Waals surface area contributed by atoms with Crippen LogP contribution in [-0.2, 0) is 0 Å². The number of fused-ring (bicyclic) bond motifs is 1. The predicted molar refractivity (Wildman–Crippen MR) is 97.3 cm³/mol. The molecule has 6 heteroatoms. The van der Waals surface area contributed by atoms with Gasteiger partial charge in [0.05, 0.1) is 11.1 Å². The van der Waals surface area contributed by atoms with Crippen molar-refractivity contribution in [3.8, 4) is 0 Å². The van der Waals surface area contributed by atoms with Crippen LogP contribution >= 0.6 is 11.6 Å². The van der Waals surface area contributed by atoms with Crippen molar-refractivity contribution in [2.24, 2.45) is 0 Å². The molecule has 1 aromatic carbocycles. The van der Waals surface area contributed by atoms with Gasteiger partial charge in [0.15, 0.2) is 0 Å². The molecular weight excluding hydrogens is 324 g/mol. The number of carbonyl (C=O) groups is 1. The first-order valence-electron chi connectivity index (χ1n) is 7.91. The Labute approximate surface area is 145 Å². The number of H-pyrrole nitrogens is 1. The van der Waals surface area contributed by atoms with Crippen LogP contribution in [0.25, 0.3) is 10.9 Å². The number of halogens is 1. The van der Waals surface area contributed by atoms with Crippen LogP contribution in [-0.4, -0.2) is 16.0 Å². The first-order valence-corrected chi connectivity index (χ1v) is 8.29. The van der Waals surface area contributed by atoms with Gasteiger partial charge in [-0.2, -0.15) is 0 Å². The van der Waals surface area contributed by atoms with Gasteiger partial charge in [0.1, 0.15) is 0 Å². The molecule has 2 aromatic heterocycles. The lowest BCUT2D eigenvalue weighted by Crippen LogP contribution is -2.32. The number of nitrogens with zero attached hydrogens (tertiary/aromatic N) is 1. The van der Waals surface area contributed by atoms with Gasteiger partial charge in [0.25, 0.3) is 0 Å². The van der Waals surface area contributed by atoms with E-state index in [-0.39, 0.29) is 12.1 Å². The van der Waals surface area contributed by atoms with E-state index < -0.39 is 0 Å². The summed E-state index contributed by atoms with van der Waals surface area (Å²) in [7, 11) is 0. The third-order valence-corrected chi connectivity index (χ3v) is 4.18. The molecule has 0 saturated heterocycles. The van der Waals surface area contributed by atoms with Crippen LogP contribution in [0.5, 0.6) is 0 Å². The second-order valence-corrected chi connectivity index (χ2v) is 6.02. The summed E-state index contributed by atoms with van der Waals surface area (Å²) in [6.45, 7) is 2.09. The Balaban J connectivity index is 1.73. The largest absolute Gasteiger partial charge is 0.361 e. The maximum atomic E-state index is 12.4. The number of aromatic nitrogens is 2. The minimum absolute atomic E-state index is 0.0531. The topological polar surface area (TPSA) is 69.8 Å². The number of anilines is 1. The van der Waals surface area contributed by atoms with E-state index in [0.717, 1.165) is 29.3 Å². The van der Waals surface area contributed by atoms with Crippen molar-refractivity contribution in [1.29, 1.82) is 0 Å². The molecule has 1 atom stereocenters. The summed E-state index contributed by atoms with van der Waals surface area (Å²) in [5, 5.41) is 7.40. The van der Waals surface area contributed by atoms with Gasteiger partial charge >= 0.3 is 6.03 Å². The highest BCUT2D eigenvalue weighted by Crippen LogP contribution is 2.27. The van der Waals surface area contributed by atoms with Crippen LogP contribution in [0, 0.1) is 0 Å². The van der Waals surface area contributed by atoms with Crippen LogP contribution in [0.15, 0.2) is 48.9 Å². The third kappa shape index (κ3) is 3.68. The zero-order valence-corrected chi connectivity index (χ0v) is 14.1.